The molecule has 4 heteroatoms. The zero-order valence-electron chi connectivity index (χ0n) is 5.69. The van der Waals surface area contributed by atoms with Gasteiger partial charge in [-0.15, -0.1) is 5.10 Å². The Morgan fingerprint density at radius 1 is 1.45 bits per heavy atom. The first kappa shape index (κ1) is 6.03. The smallest absolute Gasteiger partial charge is 0.176 e. The van der Waals surface area contributed by atoms with Crippen LogP contribution in [0.1, 0.15) is 0 Å². The maximum atomic E-state index is 4.59. The Hall–Kier alpha value is -1.71. The van der Waals surface area contributed by atoms with E-state index in [0.29, 0.717) is 0 Å². The molecule has 2 rings (SSSR count). The highest BCUT2D eigenvalue weighted by molar-refractivity contribution is 5.53. The molecule has 0 amide bonds. The lowest BCUT2D eigenvalue weighted by atomic mass is 10.2. The van der Waals surface area contributed by atoms with Crippen LogP contribution in [0.2, 0.25) is 0 Å². The van der Waals surface area contributed by atoms with E-state index in [0.717, 1.165) is 11.3 Å². The largest absolute Gasteiger partial charge is 0.345 e. The molecule has 0 aliphatic rings. The summed E-state index contributed by atoms with van der Waals surface area (Å²) in [4.78, 5) is 2.94. The van der Waals surface area contributed by atoms with Crippen LogP contribution in [0.25, 0.3) is 11.3 Å². The highest BCUT2D eigenvalue weighted by Crippen LogP contribution is 2.11. The normalized spacial score (nSPS) is 9.82. The molecule has 2 aromatic heterocycles. The molecule has 4 nitrogen and oxygen atoms in total. The van der Waals surface area contributed by atoms with Crippen molar-refractivity contribution in [1.82, 2.24) is 10.4 Å². The van der Waals surface area contributed by atoms with Gasteiger partial charge in [0, 0.05) is 11.3 Å². The number of nitrogens with zero attached hydrogens (tertiary/aromatic N) is 2. The van der Waals surface area contributed by atoms with Crippen molar-refractivity contribution < 1.29 is 9.51 Å². The molecule has 0 unspecified atom stereocenters. The fourth-order valence-corrected chi connectivity index (χ4v) is 0.843. The molecule has 0 aliphatic carbocycles. The van der Waals surface area contributed by atoms with E-state index in [1.165, 1.54) is 6.26 Å². The number of rotatable bonds is 1. The summed E-state index contributed by atoms with van der Waals surface area (Å²) in [6.45, 7) is 0. The molecule has 54 valence electrons. The zero-order chi connectivity index (χ0) is 7.52. The molecule has 11 heavy (non-hydrogen) atoms. The van der Waals surface area contributed by atoms with Crippen molar-refractivity contribution in [3.63, 3.8) is 0 Å². The lowest BCUT2D eigenvalue weighted by Crippen LogP contribution is -1.98. The second-order valence-electron chi connectivity index (χ2n) is 2.08. The summed E-state index contributed by atoms with van der Waals surface area (Å²) in [6.07, 6.45) is 5.17. The number of H-pyrrole nitrogens is 1. The van der Waals surface area contributed by atoms with Gasteiger partial charge in [0.1, 0.15) is 5.69 Å². The van der Waals surface area contributed by atoms with Gasteiger partial charge < -0.3 is 4.52 Å². The first-order valence-electron chi connectivity index (χ1n) is 3.20. The van der Waals surface area contributed by atoms with Crippen molar-refractivity contribution in [1.29, 1.82) is 0 Å². The summed E-state index contributed by atoms with van der Waals surface area (Å²) in [6, 6.07) is 3.82. The fraction of sp³-hybridized carbons (Fsp3) is 0. The summed E-state index contributed by atoms with van der Waals surface area (Å²) in [5.41, 5.74) is 1.70. The predicted molar refractivity (Wildman–Crippen MR) is 36.3 cm³/mol. The minimum absolute atomic E-state index is 0.738. The quantitative estimate of drug-likeness (QED) is 0.593. The van der Waals surface area contributed by atoms with E-state index in [4.69, 9.17) is 0 Å². The van der Waals surface area contributed by atoms with Gasteiger partial charge in [-0.25, -0.2) is 4.98 Å². The number of aromatic amines is 1. The molecule has 0 saturated heterocycles. The SMILES string of the molecule is c1c[nH+]cc(-c2conn2)c1. The molecule has 2 aromatic rings. The molecule has 0 aliphatic heterocycles. The molecule has 0 radical (unpaired) electrons. The van der Waals surface area contributed by atoms with E-state index < -0.39 is 0 Å². The standard InChI is InChI=1S/C7H5N3O/c1-2-6(4-8-3-1)7-5-11-10-9-7/h1-5H/p+1. The fourth-order valence-electron chi connectivity index (χ4n) is 0.843. The van der Waals surface area contributed by atoms with E-state index in [-0.39, 0.29) is 0 Å². The second kappa shape index (κ2) is 2.49. The van der Waals surface area contributed by atoms with Crippen molar-refractivity contribution in [3.05, 3.63) is 30.8 Å². The third kappa shape index (κ3) is 1.10. The lowest BCUT2D eigenvalue weighted by Gasteiger charge is -1.84. The van der Waals surface area contributed by atoms with Crippen molar-refractivity contribution in [2.75, 3.05) is 0 Å². The number of hydrogen-bond acceptors (Lipinski definition) is 3. The first-order chi connectivity index (χ1) is 5.47. The Bertz CT molecular complexity index is 317. The molecule has 0 fully saturated rings. The average molecular weight is 148 g/mol. The highest BCUT2D eigenvalue weighted by Gasteiger charge is 2.02. The molecular weight excluding hydrogens is 142 g/mol. The molecule has 0 aromatic carbocycles. The van der Waals surface area contributed by atoms with Crippen LogP contribution in [0.15, 0.2) is 35.3 Å². The van der Waals surface area contributed by atoms with Crippen molar-refractivity contribution in [2.45, 2.75) is 0 Å². The van der Waals surface area contributed by atoms with Crippen LogP contribution >= 0.6 is 0 Å². The van der Waals surface area contributed by atoms with Gasteiger partial charge in [0.15, 0.2) is 18.7 Å². The van der Waals surface area contributed by atoms with Gasteiger partial charge in [-0.2, -0.15) is 0 Å². The highest BCUT2D eigenvalue weighted by atomic mass is 16.5. The average Bonchev–Trinajstić information content (AvgIpc) is 2.58. The van der Waals surface area contributed by atoms with E-state index in [2.05, 4.69) is 19.9 Å². The maximum Gasteiger partial charge on any atom is 0.176 e. The van der Waals surface area contributed by atoms with Gasteiger partial charge in [0.2, 0.25) is 0 Å². The van der Waals surface area contributed by atoms with Crippen molar-refractivity contribution >= 4 is 0 Å². The second-order valence-corrected chi connectivity index (χ2v) is 2.08. The molecular formula is C7H6N3O+. The maximum absolute atomic E-state index is 4.59. The third-order valence-electron chi connectivity index (χ3n) is 1.36. The summed E-state index contributed by atoms with van der Waals surface area (Å²) >= 11 is 0. The Kier molecular flexibility index (Phi) is 1.37. The Balaban J connectivity index is 2.46. The van der Waals surface area contributed by atoms with Gasteiger partial charge >= 0.3 is 0 Å². The Labute approximate surface area is 62.9 Å². The predicted octanol–water partition coefficient (Wildman–Crippen LogP) is 0.551. The minimum Gasteiger partial charge on any atom is -0.345 e. The molecule has 0 atom stereocenters. The van der Waals surface area contributed by atoms with Gasteiger partial charge in [-0.05, 0) is 6.07 Å². The van der Waals surface area contributed by atoms with Crippen LogP contribution in [0.5, 0.6) is 0 Å². The van der Waals surface area contributed by atoms with E-state index in [1.807, 2.05) is 24.5 Å². The van der Waals surface area contributed by atoms with E-state index in [1.54, 1.807) is 0 Å². The molecule has 2 heterocycles. The van der Waals surface area contributed by atoms with Gasteiger partial charge in [0.25, 0.3) is 0 Å². The van der Waals surface area contributed by atoms with Crippen molar-refractivity contribution in [2.24, 2.45) is 0 Å². The molecule has 0 spiro atoms. The summed E-state index contributed by atoms with van der Waals surface area (Å²) in [7, 11) is 0. The first-order valence-corrected chi connectivity index (χ1v) is 3.20. The van der Waals surface area contributed by atoms with Crippen LogP contribution in [0.4, 0.5) is 0 Å². The monoisotopic (exact) mass is 148 g/mol. The zero-order valence-corrected chi connectivity index (χ0v) is 5.69. The summed E-state index contributed by atoms with van der Waals surface area (Å²) < 4.78 is 4.59. The van der Waals surface area contributed by atoms with Gasteiger partial charge in [-0.3, -0.25) is 0 Å². The number of hydrogen-bond donors (Lipinski definition) is 0. The van der Waals surface area contributed by atoms with Crippen LogP contribution < -0.4 is 4.98 Å². The minimum atomic E-state index is 0.738. The number of aromatic nitrogens is 3. The molecule has 0 saturated carbocycles. The topological polar surface area (TPSA) is 53.1 Å². The lowest BCUT2D eigenvalue weighted by molar-refractivity contribution is -0.377. The van der Waals surface area contributed by atoms with E-state index >= 15 is 0 Å². The van der Waals surface area contributed by atoms with Crippen LogP contribution in [-0.2, 0) is 0 Å². The molecule has 0 bridgehead atoms. The van der Waals surface area contributed by atoms with Crippen LogP contribution in [-0.4, -0.2) is 10.4 Å². The van der Waals surface area contributed by atoms with Gasteiger partial charge in [-0.1, -0.05) is 0 Å². The van der Waals surface area contributed by atoms with Crippen molar-refractivity contribution in [3.8, 4) is 11.3 Å². The summed E-state index contributed by atoms with van der Waals surface area (Å²) in [5.74, 6) is 0. The van der Waals surface area contributed by atoms with E-state index in [9.17, 15) is 0 Å². The Morgan fingerprint density at radius 2 is 2.45 bits per heavy atom. The van der Waals surface area contributed by atoms with Gasteiger partial charge in [0.05, 0.1) is 5.56 Å². The Morgan fingerprint density at radius 3 is 3.09 bits per heavy atom. The number of nitrogens with one attached hydrogen (secondary N) is 1. The van der Waals surface area contributed by atoms with Crippen LogP contribution in [0, 0.1) is 0 Å². The third-order valence-corrected chi connectivity index (χ3v) is 1.36. The molecule has 1 N–H and O–H groups in total. The summed E-state index contributed by atoms with van der Waals surface area (Å²) in [5, 5.41) is 7.11. The van der Waals surface area contributed by atoms with Crippen LogP contribution in [0.3, 0.4) is 0 Å². The number of pyridine rings is 1.